The fourth-order valence-electron chi connectivity index (χ4n) is 4.40. The minimum atomic E-state index is -0.926. The van der Waals surface area contributed by atoms with Crippen molar-refractivity contribution in [3.8, 4) is 11.5 Å². The molecule has 0 spiro atoms. The van der Waals surface area contributed by atoms with Gasteiger partial charge in [-0.15, -0.1) is 0 Å². The molecule has 2 heterocycles. The molecule has 3 aromatic rings. The maximum Gasteiger partial charge on any atom is 0.324 e. The predicted octanol–water partition coefficient (Wildman–Crippen LogP) is 4.53. The lowest BCUT2D eigenvalue weighted by molar-refractivity contribution is -0.137. The Kier molecular flexibility index (Phi) is 7.74. The van der Waals surface area contributed by atoms with Crippen molar-refractivity contribution in [3.63, 3.8) is 0 Å². The van der Waals surface area contributed by atoms with E-state index in [9.17, 15) is 9.59 Å². The minimum absolute atomic E-state index is 0.0830. The number of hydrogen-bond donors (Lipinski definition) is 1. The SMILES string of the molecule is CCCCCOc1cc(N2CCCN(Cc3cccc4c3ncn4CC(=O)O)C2=O)ccc1OC. The summed E-state index contributed by atoms with van der Waals surface area (Å²) in [4.78, 5) is 32.6. The molecule has 2 amide bonds. The zero-order chi connectivity index (χ0) is 24.8. The third-order valence-electron chi connectivity index (χ3n) is 6.18. The third kappa shape index (κ3) is 5.50. The second kappa shape index (κ2) is 11.1. The van der Waals surface area contributed by atoms with Crippen LogP contribution in [0.25, 0.3) is 11.0 Å². The molecular weight excluding hydrogens is 448 g/mol. The minimum Gasteiger partial charge on any atom is -0.493 e. The van der Waals surface area contributed by atoms with Crippen molar-refractivity contribution in [2.24, 2.45) is 0 Å². The second-order valence-electron chi connectivity index (χ2n) is 8.65. The van der Waals surface area contributed by atoms with Crippen LogP contribution in [0.3, 0.4) is 0 Å². The van der Waals surface area contributed by atoms with Crippen LogP contribution in [0.2, 0.25) is 0 Å². The number of aliphatic carboxylic acids is 1. The van der Waals surface area contributed by atoms with Crippen LogP contribution in [0, 0.1) is 0 Å². The van der Waals surface area contributed by atoms with Gasteiger partial charge in [0.05, 0.1) is 31.1 Å². The largest absolute Gasteiger partial charge is 0.493 e. The summed E-state index contributed by atoms with van der Waals surface area (Å²) < 4.78 is 13.0. The van der Waals surface area contributed by atoms with Gasteiger partial charge in [0, 0.05) is 31.4 Å². The molecule has 0 saturated carbocycles. The summed E-state index contributed by atoms with van der Waals surface area (Å²) in [6, 6.07) is 11.2. The Labute approximate surface area is 204 Å². The van der Waals surface area contributed by atoms with Crippen molar-refractivity contribution in [2.75, 3.05) is 31.7 Å². The number of urea groups is 1. The van der Waals surface area contributed by atoms with Gasteiger partial charge in [0.25, 0.3) is 0 Å². The number of carboxylic acids is 1. The smallest absolute Gasteiger partial charge is 0.324 e. The highest BCUT2D eigenvalue weighted by Crippen LogP contribution is 2.33. The number of carboxylic acid groups (broad SMARTS) is 1. The van der Waals surface area contributed by atoms with Crippen LogP contribution in [0.1, 0.15) is 38.2 Å². The maximum absolute atomic E-state index is 13.5. The molecule has 1 aliphatic rings. The Morgan fingerprint density at radius 3 is 2.77 bits per heavy atom. The monoisotopic (exact) mass is 480 g/mol. The molecule has 9 heteroatoms. The number of unbranched alkanes of at least 4 members (excludes halogenated alkanes) is 2. The van der Waals surface area contributed by atoms with Crippen LogP contribution < -0.4 is 14.4 Å². The van der Waals surface area contributed by atoms with Gasteiger partial charge in [-0.25, -0.2) is 9.78 Å². The number of anilines is 1. The first-order valence-corrected chi connectivity index (χ1v) is 12.0. The topological polar surface area (TPSA) is 97.1 Å². The molecule has 1 aliphatic heterocycles. The molecule has 0 aliphatic carbocycles. The molecule has 4 rings (SSSR count). The van der Waals surface area contributed by atoms with Gasteiger partial charge in [0.1, 0.15) is 6.54 Å². The number of nitrogens with zero attached hydrogens (tertiary/aromatic N) is 4. The number of hydrogen-bond acceptors (Lipinski definition) is 5. The number of amides is 2. The van der Waals surface area contributed by atoms with E-state index in [1.165, 1.54) is 6.33 Å². The van der Waals surface area contributed by atoms with Gasteiger partial charge in [-0.1, -0.05) is 31.9 Å². The third-order valence-corrected chi connectivity index (χ3v) is 6.18. The first kappa shape index (κ1) is 24.4. The van der Waals surface area contributed by atoms with E-state index in [0.29, 0.717) is 43.3 Å². The fraction of sp³-hybridized carbons (Fsp3) is 0.423. The highest BCUT2D eigenvalue weighted by molar-refractivity contribution is 5.93. The van der Waals surface area contributed by atoms with E-state index in [1.807, 2.05) is 36.4 Å². The van der Waals surface area contributed by atoms with Crippen molar-refractivity contribution in [1.82, 2.24) is 14.5 Å². The number of fused-ring (bicyclic) bond motifs is 1. The Balaban J connectivity index is 1.52. The molecule has 0 unspecified atom stereocenters. The van der Waals surface area contributed by atoms with E-state index in [4.69, 9.17) is 14.6 Å². The molecule has 1 fully saturated rings. The van der Waals surface area contributed by atoms with Crippen LogP contribution in [0.4, 0.5) is 10.5 Å². The van der Waals surface area contributed by atoms with Gasteiger partial charge < -0.3 is 24.0 Å². The average Bonchev–Trinajstić information content (AvgIpc) is 3.26. The van der Waals surface area contributed by atoms with Crippen molar-refractivity contribution >= 4 is 28.7 Å². The van der Waals surface area contributed by atoms with Crippen LogP contribution in [0.15, 0.2) is 42.7 Å². The standard InChI is InChI=1S/C26H32N4O5/c1-3-4-5-14-35-23-15-20(10-11-22(23)34-2)30-13-7-12-28(26(30)33)16-19-8-6-9-21-25(19)27-18-29(21)17-24(31)32/h6,8-11,15,18H,3-5,7,12-14,16-17H2,1-2H3,(H,31,32). The quantitative estimate of drug-likeness (QED) is 0.405. The molecule has 1 N–H and O–H groups in total. The van der Waals surface area contributed by atoms with Crippen LogP contribution in [-0.4, -0.2) is 58.4 Å². The van der Waals surface area contributed by atoms with Crippen molar-refractivity contribution in [2.45, 2.75) is 45.7 Å². The highest BCUT2D eigenvalue weighted by Gasteiger charge is 2.28. The number of carbonyl (C=O) groups is 2. The maximum atomic E-state index is 13.5. The second-order valence-corrected chi connectivity index (χ2v) is 8.65. The number of methoxy groups -OCH3 is 1. The molecule has 0 radical (unpaired) electrons. The van der Waals surface area contributed by atoms with Crippen LogP contribution in [-0.2, 0) is 17.9 Å². The summed E-state index contributed by atoms with van der Waals surface area (Å²) in [5, 5.41) is 9.15. The number of aromatic nitrogens is 2. The van der Waals surface area contributed by atoms with Gasteiger partial charge in [-0.05, 0) is 36.6 Å². The van der Waals surface area contributed by atoms with E-state index in [2.05, 4.69) is 11.9 Å². The number of carbonyl (C=O) groups excluding carboxylic acids is 1. The van der Waals surface area contributed by atoms with E-state index < -0.39 is 5.97 Å². The molecule has 2 aromatic carbocycles. The van der Waals surface area contributed by atoms with Crippen molar-refractivity contribution in [3.05, 3.63) is 48.3 Å². The molecule has 35 heavy (non-hydrogen) atoms. The Bertz CT molecular complexity index is 1190. The van der Waals surface area contributed by atoms with E-state index in [-0.39, 0.29) is 12.6 Å². The lowest BCUT2D eigenvalue weighted by Crippen LogP contribution is -2.49. The zero-order valence-corrected chi connectivity index (χ0v) is 20.3. The van der Waals surface area contributed by atoms with Crippen LogP contribution in [0.5, 0.6) is 11.5 Å². The number of benzene rings is 2. The number of para-hydroxylation sites is 1. The normalized spacial score (nSPS) is 13.9. The number of ether oxygens (including phenoxy) is 2. The van der Waals surface area contributed by atoms with Gasteiger partial charge >= 0.3 is 12.0 Å². The van der Waals surface area contributed by atoms with E-state index in [0.717, 1.165) is 42.5 Å². The zero-order valence-electron chi connectivity index (χ0n) is 20.3. The summed E-state index contributed by atoms with van der Waals surface area (Å²) in [6.45, 7) is 4.25. The van der Waals surface area contributed by atoms with Gasteiger partial charge in [0.15, 0.2) is 11.5 Å². The Hall–Kier alpha value is -3.75. The number of rotatable bonds is 11. The summed E-state index contributed by atoms with van der Waals surface area (Å²) in [5.41, 5.74) is 3.11. The van der Waals surface area contributed by atoms with Crippen molar-refractivity contribution in [1.29, 1.82) is 0 Å². The molecule has 1 aromatic heterocycles. The molecular formula is C26H32N4O5. The Morgan fingerprint density at radius 2 is 2.00 bits per heavy atom. The van der Waals surface area contributed by atoms with E-state index in [1.54, 1.807) is 21.5 Å². The molecule has 0 atom stereocenters. The first-order valence-electron chi connectivity index (χ1n) is 12.0. The van der Waals surface area contributed by atoms with Crippen molar-refractivity contribution < 1.29 is 24.2 Å². The summed E-state index contributed by atoms with van der Waals surface area (Å²) in [6.07, 6.45) is 5.54. The molecule has 1 saturated heterocycles. The summed E-state index contributed by atoms with van der Waals surface area (Å²) >= 11 is 0. The lowest BCUT2D eigenvalue weighted by Gasteiger charge is -2.36. The van der Waals surface area contributed by atoms with Gasteiger partial charge in [-0.2, -0.15) is 0 Å². The van der Waals surface area contributed by atoms with Gasteiger partial charge in [-0.3, -0.25) is 9.69 Å². The summed E-state index contributed by atoms with van der Waals surface area (Å²) in [7, 11) is 1.61. The predicted molar refractivity (Wildman–Crippen MR) is 133 cm³/mol. The van der Waals surface area contributed by atoms with Crippen LogP contribution >= 0.6 is 0 Å². The lowest BCUT2D eigenvalue weighted by atomic mass is 10.1. The number of imidazole rings is 1. The first-order chi connectivity index (χ1) is 17.0. The fourth-order valence-corrected chi connectivity index (χ4v) is 4.40. The summed E-state index contributed by atoms with van der Waals surface area (Å²) in [5.74, 6) is 0.361. The molecule has 186 valence electrons. The highest BCUT2D eigenvalue weighted by atomic mass is 16.5. The van der Waals surface area contributed by atoms with E-state index >= 15 is 0 Å². The molecule has 0 bridgehead atoms. The Morgan fingerprint density at radius 1 is 1.14 bits per heavy atom. The van der Waals surface area contributed by atoms with Gasteiger partial charge in [0.2, 0.25) is 0 Å². The molecule has 9 nitrogen and oxygen atoms in total. The average molecular weight is 481 g/mol.